The number of carbonyl (C=O) groups excluding carboxylic acids is 2. The highest BCUT2D eigenvalue weighted by Crippen LogP contribution is 2.39. The zero-order valence-electron chi connectivity index (χ0n) is 23.2. The fourth-order valence-corrected chi connectivity index (χ4v) is 6.12. The normalized spacial score (nSPS) is 12.1. The summed E-state index contributed by atoms with van der Waals surface area (Å²) in [5, 5.41) is 0. The van der Waals surface area contributed by atoms with E-state index in [1.54, 1.807) is 13.8 Å². The summed E-state index contributed by atoms with van der Waals surface area (Å²) in [5.41, 5.74) is 3.37. The topological polar surface area (TPSA) is 89.5 Å². The van der Waals surface area contributed by atoms with Crippen molar-refractivity contribution in [1.82, 2.24) is 0 Å². The molecule has 0 spiro atoms. The Balaban J connectivity index is 2.11. The van der Waals surface area contributed by atoms with E-state index in [1.807, 2.05) is 38.1 Å². The second-order valence-electron chi connectivity index (χ2n) is 9.09. The highest BCUT2D eigenvalue weighted by atomic mass is 79.9. The van der Waals surface area contributed by atoms with Gasteiger partial charge in [-0.25, -0.2) is 9.59 Å². The molecular formula is C29H32Br4O8. The molecule has 0 aliphatic heterocycles. The van der Waals surface area contributed by atoms with E-state index in [2.05, 4.69) is 76.9 Å². The Bertz CT molecular complexity index is 1120. The van der Waals surface area contributed by atoms with Gasteiger partial charge in [-0.2, -0.15) is 0 Å². The molecule has 224 valence electrons. The third kappa shape index (κ3) is 12.0. The molecule has 2 rings (SSSR count). The summed E-state index contributed by atoms with van der Waals surface area (Å²) in [6.07, 6.45) is -1.92. The first-order valence-corrected chi connectivity index (χ1v) is 15.7. The summed E-state index contributed by atoms with van der Waals surface area (Å²) in [4.78, 5) is 23.9. The zero-order valence-corrected chi connectivity index (χ0v) is 29.5. The fraction of sp³-hybridized carbons (Fsp3) is 0.379. The Morgan fingerprint density at radius 1 is 0.683 bits per heavy atom. The van der Waals surface area contributed by atoms with Crippen molar-refractivity contribution in [3.63, 3.8) is 0 Å². The van der Waals surface area contributed by atoms with Crippen LogP contribution in [0, 0.1) is 0 Å². The molecule has 0 fully saturated rings. The van der Waals surface area contributed by atoms with Gasteiger partial charge < -0.3 is 28.4 Å². The molecule has 41 heavy (non-hydrogen) atoms. The lowest BCUT2D eigenvalue weighted by atomic mass is 10.0. The van der Waals surface area contributed by atoms with Gasteiger partial charge in [-0.05, 0) is 131 Å². The molecule has 0 heterocycles. The van der Waals surface area contributed by atoms with E-state index in [0.717, 1.165) is 11.1 Å². The van der Waals surface area contributed by atoms with E-state index in [-0.39, 0.29) is 13.2 Å². The summed E-state index contributed by atoms with van der Waals surface area (Å²) < 4.78 is 35.2. The standard InChI is InChI=1S/C29H32Br4O8/c1-7-24(40-28(34)36-14-16(3)4)38-26-20(30)10-18(11-21(26)31)9-19-12-22(32)27(23(33)13-19)39-25(8-2)41-29(35)37-15-17(5)6/h10-13,24-25H,3,5,7-9,14-15H2,1-2,4,6H3. The van der Waals surface area contributed by atoms with Gasteiger partial charge in [-0.1, -0.05) is 27.0 Å². The van der Waals surface area contributed by atoms with Crippen LogP contribution in [-0.2, 0) is 25.4 Å². The lowest BCUT2D eigenvalue weighted by Gasteiger charge is -2.21. The number of rotatable bonds is 14. The van der Waals surface area contributed by atoms with Crippen molar-refractivity contribution in [3.8, 4) is 11.5 Å². The summed E-state index contributed by atoms with van der Waals surface area (Å²) in [5.74, 6) is 0.985. The smallest absolute Gasteiger partial charge is 0.452 e. The van der Waals surface area contributed by atoms with Crippen LogP contribution in [-0.4, -0.2) is 38.1 Å². The first-order chi connectivity index (χ1) is 19.3. The van der Waals surface area contributed by atoms with Gasteiger partial charge in [0.25, 0.3) is 0 Å². The first-order valence-electron chi connectivity index (χ1n) is 12.6. The molecule has 0 saturated heterocycles. The SMILES string of the molecule is C=C(C)COC(=O)OC(CC)Oc1c(Br)cc(Cc2cc(Br)c(OC(CC)OC(=O)OCC(=C)C)c(Br)c2)cc1Br. The summed E-state index contributed by atoms with van der Waals surface area (Å²) in [6.45, 7) is 14.7. The third-order valence-electron chi connectivity index (χ3n) is 5.02. The van der Waals surface area contributed by atoms with Crippen LogP contribution in [0.15, 0.2) is 66.5 Å². The van der Waals surface area contributed by atoms with Crippen molar-refractivity contribution in [2.24, 2.45) is 0 Å². The Hall–Kier alpha value is -2.02. The van der Waals surface area contributed by atoms with Crippen LogP contribution in [0.2, 0.25) is 0 Å². The summed E-state index contributed by atoms with van der Waals surface area (Å²) >= 11 is 14.3. The lowest BCUT2D eigenvalue weighted by Crippen LogP contribution is -2.24. The van der Waals surface area contributed by atoms with Crippen molar-refractivity contribution in [2.45, 2.75) is 59.5 Å². The van der Waals surface area contributed by atoms with Crippen molar-refractivity contribution in [1.29, 1.82) is 0 Å². The van der Waals surface area contributed by atoms with E-state index < -0.39 is 24.9 Å². The zero-order chi connectivity index (χ0) is 30.7. The molecule has 0 bridgehead atoms. The van der Waals surface area contributed by atoms with Crippen molar-refractivity contribution < 1.29 is 38.0 Å². The summed E-state index contributed by atoms with van der Waals surface area (Å²) in [7, 11) is 0. The number of hydrogen-bond donors (Lipinski definition) is 0. The van der Waals surface area contributed by atoms with Gasteiger partial charge in [0.05, 0.1) is 17.9 Å². The number of halogens is 4. The molecule has 8 nitrogen and oxygen atoms in total. The van der Waals surface area contributed by atoms with Gasteiger partial charge in [-0.3, -0.25) is 0 Å². The Kier molecular flexibility index (Phi) is 14.7. The average Bonchev–Trinajstić information content (AvgIpc) is 2.89. The van der Waals surface area contributed by atoms with Gasteiger partial charge in [0, 0.05) is 12.8 Å². The second-order valence-corrected chi connectivity index (χ2v) is 12.5. The minimum atomic E-state index is -0.839. The molecule has 12 heteroatoms. The lowest BCUT2D eigenvalue weighted by molar-refractivity contribution is -0.0651. The molecule has 0 radical (unpaired) electrons. The van der Waals surface area contributed by atoms with Crippen molar-refractivity contribution in [2.75, 3.05) is 13.2 Å². The minimum absolute atomic E-state index is 0.0775. The van der Waals surface area contributed by atoms with Crippen LogP contribution in [0.25, 0.3) is 0 Å². The molecular weight excluding hydrogens is 796 g/mol. The number of carbonyl (C=O) groups is 2. The minimum Gasteiger partial charge on any atom is -0.452 e. The molecule has 2 aromatic rings. The molecule has 0 amide bonds. The predicted octanol–water partition coefficient (Wildman–Crippen LogP) is 10.0. The molecule has 2 aromatic carbocycles. The van der Waals surface area contributed by atoms with Gasteiger partial charge in [0.2, 0.25) is 12.6 Å². The highest BCUT2D eigenvalue weighted by molar-refractivity contribution is 9.11. The van der Waals surface area contributed by atoms with Gasteiger partial charge in [-0.15, -0.1) is 0 Å². The van der Waals surface area contributed by atoms with E-state index in [1.165, 1.54) is 0 Å². The Morgan fingerprint density at radius 2 is 1.00 bits per heavy atom. The number of ether oxygens (including phenoxy) is 6. The molecule has 0 N–H and O–H groups in total. The molecule has 2 atom stereocenters. The van der Waals surface area contributed by atoms with E-state index in [0.29, 0.717) is 59.8 Å². The Morgan fingerprint density at radius 3 is 1.27 bits per heavy atom. The van der Waals surface area contributed by atoms with Crippen molar-refractivity contribution >= 4 is 76.0 Å². The van der Waals surface area contributed by atoms with E-state index in [9.17, 15) is 9.59 Å². The number of benzene rings is 2. The van der Waals surface area contributed by atoms with Crippen LogP contribution in [0.5, 0.6) is 11.5 Å². The summed E-state index contributed by atoms with van der Waals surface area (Å²) in [6, 6.07) is 7.71. The second kappa shape index (κ2) is 17.2. The molecule has 0 aliphatic carbocycles. The molecule has 0 aliphatic rings. The quantitative estimate of drug-likeness (QED) is 0.106. The van der Waals surface area contributed by atoms with Gasteiger partial charge in [0.1, 0.15) is 13.2 Å². The molecule has 0 saturated carbocycles. The van der Waals surface area contributed by atoms with E-state index >= 15 is 0 Å². The van der Waals surface area contributed by atoms with Crippen LogP contribution in [0.3, 0.4) is 0 Å². The maximum absolute atomic E-state index is 11.9. The van der Waals surface area contributed by atoms with Crippen LogP contribution < -0.4 is 9.47 Å². The van der Waals surface area contributed by atoms with Crippen LogP contribution in [0.4, 0.5) is 9.59 Å². The van der Waals surface area contributed by atoms with Crippen molar-refractivity contribution in [3.05, 3.63) is 77.6 Å². The monoisotopic (exact) mass is 824 g/mol. The average molecular weight is 828 g/mol. The van der Waals surface area contributed by atoms with E-state index in [4.69, 9.17) is 28.4 Å². The maximum Gasteiger partial charge on any atom is 0.511 e. The van der Waals surface area contributed by atoms with Crippen LogP contribution in [0.1, 0.15) is 51.7 Å². The molecule has 2 unspecified atom stereocenters. The third-order valence-corrected chi connectivity index (χ3v) is 7.37. The van der Waals surface area contributed by atoms with Gasteiger partial charge in [0.15, 0.2) is 11.5 Å². The maximum atomic E-state index is 11.9. The van der Waals surface area contributed by atoms with Gasteiger partial charge >= 0.3 is 12.3 Å². The largest absolute Gasteiger partial charge is 0.511 e. The highest BCUT2D eigenvalue weighted by Gasteiger charge is 2.21. The van der Waals surface area contributed by atoms with Crippen LogP contribution >= 0.6 is 63.7 Å². The molecule has 0 aromatic heterocycles. The first kappa shape index (κ1) is 35.2. The fourth-order valence-electron chi connectivity index (χ4n) is 3.18. The predicted molar refractivity (Wildman–Crippen MR) is 170 cm³/mol. The Labute approximate surface area is 274 Å². The number of hydrogen-bond acceptors (Lipinski definition) is 8.